The maximum absolute atomic E-state index is 14.1. The number of fused-ring (bicyclic) bond motifs is 1. The van der Waals surface area contributed by atoms with Crippen molar-refractivity contribution in [3.8, 4) is 0 Å². The lowest BCUT2D eigenvalue weighted by Crippen LogP contribution is -2.08. The zero-order valence-electron chi connectivity index (χ0n) is 15.1. The SMILES string of the molecule is CC.CCOC(=O)c1[nH]c2c(F)cncc2c1Nc1ccc(C)cc1F. The minimum absolute atomic E-state index is 0.0127. The van der Waals surface area contributed by atoms with Gasteiger partial charge in [0.15, 0.2) is 5.82 Å². The molecule has 138 valence electrons. The van der Waals surface area contributed by atoms with E-state index in [2.05, 4.69) is 15.3 Å². The van der Waals surface area contributed by atoms with E-state index >= 15 is 0 Å². The monoisotopic (exact) mass is 361 g/mol. The zero-order valence-corrected chi connectivity index (χ0v) is 15.1. The predicted molar refractivity (Wildman–Crippen MR) is 97.8 cm³/mol. The molecule has 0 aliphatic heterocycles. The van der Waals surface area contributed by atoms with Gasteiger partial charge in [0.05, 0.1) is 29.7 Å². The molecule has 0 bridgehead atoms. The molecule has 0 fully saturated rings. The molecule has 1 aromatic carbocycles. The number of nitrogens with one attached hydrogen (secondary N) is 2. The van der Waals surface area contributed by atoms with E-state index < -0.39 is 17.6 Å². The molecule has 5 nitrogen and oxygen atoms in total. The van der Waals surface area contributed by atoms with Gasteiger partial charge >= 0.3 is 5.97 Å². The van der Waals surface area contributed by atoms with Crippen molar-refractivity contribution < 1.29 is 18.3 Å². The largest absolute Gasteiger partial charge is 0.461 e. The normalized spacial score (nSPS) is 10.2. The minimum Gasteiger partial charge on any atom is -0.461 e. The molecule has 0 atom stereocenters. The Hall–Kier alpha value is -2.96. The van der Waals surface area contributed by atoms with Crippen LogP contribution in [-0.2, 0) is 4.74 Å². The van der Waals surface area contributed by atoms with E-state index in [-0.39, 0.29) is 29.2 Å². The predicted octanol–water partition coefficient (Wildman–Crippen LogP) is 5.10. The van der Waals surface area contributed by atoms with Crippen LogP contribution in [0.3, 0.4) is 0 Å². The van der Waals surface area contributed by atoms with Gasteiger partial charge in [0, 0.05) is 11.6 Å². The maximum atomic E-state index is 14.1. The molecule has 0 amide bonds. The first kappa shape index (κ1) is 19.4. The van der Waals surface area contributed by atoms with Crippen molar-refractivity contribution in [1.29, 1.82) is 0 Å². The Labute approximate surface area is 150 Å². The fourth-order valence-electron chi connectivity index (χ4n) is 2.42. The van der Waals surface area contributed by atoms with Gasteiger partial charge in [-0.25, -0.2) is 13.6 Å². The van der Waals surface area contributed by atoms with Crippen LogP contribution in [0.4, 0.5) is 20.2 Å². The molecule has 0 aliphatic carbocycles. The molecule has 26 heavy (non-hydrogen) atoms. The van der Waals surface area contributed by atoms with Gasteiger partial charge in [-0.05, 0) is 31.5 Å². The molecule has 2 N–H and O–H groups in total. The standard InChI is InChI=1S/C17H15F2N3O2.C2H6/c1-3-24-17(23)16-15(10-7-20-8-12(19)14(10)22-16)21-13-5-4-9(2)6-11(13)18;1-2/h4-8,21-22H,3H2,1-2H3;1-2H3. The fourth-order valence-corrected chi connectivity index (χ4v) is 2.42. The number of nitrogens with zero attached hydrogens (tertiary/aromatic N) is 1. The lowest BCUT2D eigenvalue weighted by Gasteiger charge is -2.09. The highest BCUT2D eigenvalue weighted by Gasteiger charge is 2.22. The smallest absolute Gasteiger partial charge is 0.356 e. The van der Waals surface area contributed by atoms with Crippen molar-refractivity contribution in [3.05, 3.63) is 53.5 Å². The summed E-state index contributed by atoms with van der Waals surface area (Å²) < 4.78 is 33.1. The molecule has 0 unspecified atom stereocenters. The summed E-state index contributed by atoms with van der Waals surface area (Å²) in [6, 6.07) is 4.63. The average Bonchev–Trinajstić information content (AvgIpc) is 2.99. The number of H-pyrrole nitrogens is 1. The number of halogens is 2. The van der Waals surface area contributed by atoms with Gasteiger partial charge in [-0.3, -0.25) is 4.98 Å². The number of aryl methyl sites for hydroxylation is 1. The van der Waals surface area contributed by atoms with Crippen molar-refractivity contribution in [2.24, 2.45) is 0 Å². The van der Waals surface area contributed by atoms with Crippen LogP contribution in [0.2, 0.25) is 0 Å². The van der Waals surface area contributed by atoms with E-state index in [1.807, 2.05) is 13.8 Å². The van der Waals surface area contributed by atoms with Crippen molar-refractivity contribution in [2.45, 2.75) is 27.7 Å². The second-order valence-corrected chi connectivity index (χ2v) is 5.25. The lowest BCUT2D eigenvalue weighted by molar-refractivity contribution is 0.0522. The first-order chi connectivity index (χ1) is 12.5. The summed E-state index contributed by atoms with van der Waals surface area (Å²) in [6.07, 6.45) is 2.43. The number of ether oxygens (including phenoxy) is 1. The Kier molecular flexibility index (Phi) is 6.27. The van der Waals surface area contributed by atoms with E-state index in [0.29, 0.717) is 5.39 Å². The Balaban J connectivity index is 0.00000117. The quantitative estimate of drug-likeness (QED) is 0.635. The van der Waals surface area contributed by atoms with Crippen LogP contribution in [-0.4, -0.2) is 22.5 Å². The number of aromatic nitrogens is 2. The van der Waals surface area contributed by atoms with Gasteiger partial charge in [-0.15, -0.1) is 0 Å². The number of esters is 1. The van der Waals surface area contributed by atoms with Crippen LogP contribution in [0, 0.1) is 18.6 Å². The number of rotatable bonds is 4. The molecule has 0 spiro atoms. The third-order valence-corrected chi connectivity index (χ3v) is 3.53. The summed E-state index contributed by atoms with van der Waals surface area (Å²) in [4.78, 5) is 18.6. The first-order valence-electron chi connectivity index (χ1n) is 8.36. The van der Waals surface area contributed by atoms with Gasteiger partial charge in [-0.1, -0.05) is 19.9 Å². The van der Waals surface area contributed by atoms with E-state index in [4.69, 9.17) is 4.74 Å². The Morgan fingerprint density at radius 2 is 1.96 bits per heavy atom. The highest BCUT2D eigenvalue weighted by atomic mass is 19.1. The molecule has 0 radical (unpaired) electrons. The molecule has 2 aromatic heterocycles. The lowest BCUT2D eigenvalue weighted by atomic mass is 10.2. The summed E-state index contributed by atoms with van der Waals surface area (Å²) in [5, 5.41) is 3.18. The number of anilines is 2. The molecule has 2 heterocycles. The maximum Gasteiger partial charge on any atom is 0.356 e. The Morgan fingerprint density at radius 3 is 2.62 bits per heavy atom. The molecule has 0 aliphatic rings. The number of carbonyl (C=O) groups is 1. The number of aromatic amines is 1. The molecule has 3 aromatic rings. The number of pyridine rings is 1. The summed E-state index contributed by atoms with van der Waals surface area (Å²) in [7, 11) is 0. The van der Waals surface area contributed by atoms with Crippen LogP contribution in [0.5, 0.6) is 0 Å². The van der Waals surface area contributed by atoms with Crippen molar-refractivity contribution in [2.75, 3.05) is 11.9 Å². The Bertz CT molecular complexity index is 923. The van der Waals surface area contributed by atoms with Gasteiger partial charge in [0.25, 0.3) is 0 Å². The van der Waals surface area contributed by atoms with E-state index in [1.165, 1.54) is 12.3 Å². The summed E-state index contributed by atoms with van der Waals surface area (Å²) >= 11 is 0. The van der Waals surface area contributed by atoms with Crippen LogP contribution in [0.15, 0.2) is 30.6 Å². The molecule has 0 saturated carbocycles. The molecular formula is C19H21F2N3O2. The number of benzene rings is 1. The summed E-state index contributed by atoms with van der Waals surface area (Å²) in [5.74, 6) is -1.76. The van der Waals surface area contributed by atoms with Crippen molar-refractivity contribution in [1.82, 2.24) is 9.97 Å². The van der Waals surface area contributed by atoms with Crippen LogP contribution >= 0.6 is 0 Å². The highest BCUT2D eigenvalue weighted by Crippen LogP contribution is 2.32. The van der Waals surface area contributed by atoms with Crippen LogP contribution in [0.25, 0.3) is 10.9 Å². The first-order valence-corrected chi connectivity index (χ1v) is 8.36. The van der Waals surface area contributed by atoms with E-state index in [9.17, 15) is 13.6 Å². The molecule has 7 heteroatoms. The average molecular weight is 361 g/mol. The number of hydrogen-bond acceptors (Lipinski definition) is 4. The Morgan fingerprint density at radius 1 is 1.23 bits per heavy atom. The second kappa shape index (κ2) is 8.42. The third-order valence-electron chi connectivity index (χ3n) is 3.53. The summed E-state index contributed by atoms with van der Waals surface area (Å²) in [5.41, 5.74) is 1.26. The minimum atomic E-state index is -0.664. The van der Waals surface area contributed by atoms with E-state index in [1.54, 1.807) is 26.0 Å². The zero-order chi connectivity index (χ0) is 19.3. The topological polar surface area (TPSA) is 67.0 Å². The molecular weight excluding hydrogens is 340 g/mol. The van der Waals surface area contributed by atoms with Gasteiger partial charge in [-0.2, -0.15) is 0 Å². The van der Waals surface area contributed by atoms with E-state index in [0.717, 1.165) is 11.8 Å². The third kappa shape index (κ3) is 3.82. The molecule has 3 rings (SSSR count). The number of hydrogen-bond donors (Lipinski definition) is 2. The van der Waals surface area contributed by atoms with Crippen LogP contribution in [0.1, 0.15) is 36.8 Å². The summed E-state index contributed by atoms with van der Waals surface area (Å²) in [6.45, 7) is 7.59. The van der Waals surface area contributed by atoms with Crippen molar-refractivity contribution in [3.63, 3.8) is 0 Å². The van der Waals surface area contributed by atoms with Gasteiger partial charge in [0.2, 0.25) is 0 Å². The number of carbonyl (C=O) groups excluding carboxylic acids is 1. The highest BCUT2D eigenvalue weighted by molar-refractivity contribution is 6.07. The van der Waals surface area contributed by atoms with Crippen LogP contribution < -0.4 is 5.32 Å². The van der Waals surface area contributed by atoms with Gasteiger partial charge < -0.3 is 15.0 Å². The fraction of sp³-hybridized carbons (Fsp3) is 0.263. The van der Waals surface area contributed by atoms with Gasteiger partial charge in [0.1, 0.15) is 11.5 Å². The second-order valence-electron chi connectivity index (χ2n) is 5.25. The molecule has 0 saturated heterocycles. The van der Waals surface area contributed by atoms with Crippen molar-refractivity contribution >= 4 is 28.2 Å².